The quantitative estimate of drug-likeness (QED) is 0.660. The maximum atomic E-state index is 11.7. The van der Waals surface area contributed by atoms with Crippen molar-refractivity contribution in [3.05, 3.63) is 0 Å². The van der Waals surface area contributed by atoms with Crippen molar-refractivity contribution in [1.82, 2.24) is 5.32 Å². The van der Waals surface area contributed by atoms with Gasteiger partial charge in [-0.3, -0.25) is 0 Å². The number of hydrogen-bond acceptors (Lipinski definition) is 2. The Kier molecular flexibility index (Phi) is 6.07. The highest BCUT2D eigenvalue weighted by Gasteiger charge is 2.25. The molecule has 0 aliphatic carbocycles. The fraction of sp³-hybridized carbons (Fsp3) is 1.00. The van der Waals surface area contributed by atoms with E-state index in [1.54, 1.807) is 7.05 Å². The number of nitrogens with one attached hydrogen (secondary N) is 1. The summed E-state index contributed by atoms with van der Waals surface area (Å²) in [5.41, 5.74) is 0. The first-order valence-electron chi connectivity index (χ1n) is 4.28. The molecule has 0 spiro atoms. The lowest BCUT2D eigenvalue weighted by Gasteiger charge is -2.12. The van der Waals surface area contributed by atoms with Gasteiger partial charge in [0.2, 0.25) is 0 Å². The smallest absolute Gasteiger partial charge is 0.377 e. The number of rotatable bonds is 6. The minimum atomic E-state index is -4.06. The molecule has 0 aliphatic rings. The third-order valence-corrected chi connectivity index (χ3v) is 1.50. The second-order valence-electron chi connectivity index (χ2n) is 2.96. The van der Waals surface area contributed by atoms with Crippen LogP contribution in [0.3, 0.4) is 0 Å². The van der Waals surface area contributed by atoms with Gasteiger partial charge in [-0.25, -0.2) is 0 Å². The molecule has 0 aromatic carbocycles. The van der Waals surface area contributed by atoms with E-state index >= 15 is 0 Å². The molecular formula is C8H16F3NO. The van der Waals surface area contributed by atoms with Gasteiger partial charge in [0.1, 0.15) is 0 Å². The average molecular weight is 199 g/mol. The van der Waals surface area contributed by atoms with Crippen molar-refractivity contribution in [2.75, 3.05) is 20.2 Å². The summed E-state index contributed by atoms with van der Waals surface area (Å²) in [6.45, 7) is 2.65. The van der Waals surface area contributed by atoms with Gasteiger partial charge in [-0.2, -0.15) is 13.2 Å². The molecular weight excluding hydrogens is 183 g/mol. The zero-order valence-corrected chi connectivity index (χ0v) is 7.95. The van der Waals surface area contributed by atoms with E-state index < -0.39 is 12.6 Å². The van der Waals surface area contributed by atoms with E-state index in [9.17, 15) is 13.2 Å². The van der Waals surface area contributed by atoms with E-state index in [0.717, 1.165) is 0 Å². The largest absolute Gasteiger partial charge is 0.389 e. The summed E-state index contributed by atoms with van der Waals surface area (Å²) in [6, 6.07) is 0. The van der Waals surface area contributed by atoms with Crippen molar-refractivity contribution in [3.8, 4) is 0 Å². The van der Waals surface area contributed by atoms with Crippen LogP contribution in [0.4, 0.5) is 13.2 Å². The highest BCUT2D eigenvalue weighted by atomic mass is 19.4. The molecule has 0 radical (unpaired) electrons. The molecule has 0 amide bonds. The van der Waals surface area contributed by atoms with Gasteiger partial charge in [0.25, 0.3) is 0 Å². The summed E-state index contributed by atoms with van der Waals surface area (Å²) < 4.78 is 40.1. The lowest BCUT2D eigenvalue weighted by Crippen LogP contribution is -2.24. The molecule has 2 nitrogen and oxygen atoms in total. The molecule has 1 unspecified atom stereocenters. The highest BCUT2D eigenvalue weighted by molar-refractivity contribution is 4.54. The molecule has 80 valence electrons. The first kappa shape index (κ1) is 12.7. The van der Waals surface area contributed by atoms with Crippen molar-refractivity contribution in [2.24, 2.45) is 0 Å². The van der Waals surface area contributed by atoms with Crippen molar-refractivity contribution >= 4 is 0 Å². The van der Waals surface area contributed by atoms with Crippen LogP contribution in [-0.2, 0) is 4.74 Å². The van der Waals surface area contributed by atoms with Crippen LogP contribution in [0.5, 0.6) is 0 Å². The molecule has 0 bridgehead atoms. The second kappa shape index (κ2) is 6.21. The SMILES string of the molecule is CNCC(C)OCCCC(F)(F)F. The number of likely N-dealkylation sites (N-methyl/N-ethyl adjacent to an activating group) is 1. The molecule has 0 saturated heterocycles. The van der Waals surface area contributed by atoms with Crippen LogP contribution < -0.4 is 5.32 Å². The lowest BCUT2D eigenvalue weighted by atomic mass is 10.3. The zero-order chi connectivity index (χ0) is 10.3. The Morgan fingerprint density at radius 2 is 2.00 bits per heavy atom. The van der Waals surface area contributed by atoms with Crippen LogP contribution in [0.25, 0.3) is 0 Å². The monoisotopic (exact) mass is 199 g/mol. The van der Waals surface area contributed by atoms with Gasteiger partial charge in [-0.15, -0.1) is 0 Å². The number of alkyl halides is 3. The minimum Gasteiger partial charge on any atom is -0.377 e. The summed E-state index contributed by atoms with van der Waals surface area (Å²) >= 11 is 0. The van der Waals surface area contributed by atoms with Crippen molar-refractivity contribution in [1.29, 1.82) is 0 Å². The molecule has 5 heteroatoms. The minimum absolute atomic E-state index is 0.0294. The molecule has 1 N–H and O–H groups in total. The van der Waals surface area contributed by atoms with E-state index in [4.69, 9.17) is 4.74 Å². The summed E-state index contributed by atoms with van der Waals surface area (Å²) in [6.07, 6.45) is -4.81. The fourth-order valence-electron chi connectivity index (χ4n) is 0.904. The summed E-state index contributed by atoms with van der Waals surface area (Å²) in [7, 11) is 1.77. The number of halogens is 3. The van der Waals surface area contributed by atoms with Crippen LogP contribution in [-0.4, -0.2) is 32.5 Å². The van der Waals surface area contributed by atoms with Crippen LogP contribution >= 0.6 is 0 Å². The number of hydrogen-bond donors (Lipinski definition) is 1. The van der Waals surface area contributed by atoms with Gasteiger partial charge in [0.15, 0.2) is 0 Å². The average Bonchev–Trinajstić information content (AvgIpc) is 1.97. The van der Waals surface area contributed by atoms with Crippen molar-refractivity contribution < 1.29 is 17.9 Å². The van der Waals surface area contributed by atoms with Gasteiger partial charge >= 0.3 is 6.18 Å². The van der Waals surface area contributed by atoms with E-state index in [0.29, 0.717) is 6.54 Å². The van der Waals surface area contributed by atoms with Gasteiger partial charge in [-0.1, -0.05) is 0 Å². The van der Waals surface area contributed by atoms with Gasteiger partial charge in [0.05, 0.1) is 6.10 Å². The third kappa shape index (κ3) is 9.63. The van der Waals surface area contributed by atoms with Crippen molar-refractivity contribution in [3.63, 3.8) is 0 Å². The van der Waals surface area contributed by atoms with Gasteiger partial charge in [-0.05, 0) is 20.4 Å². The maximum absolute atomic E-state index is 11.7. The molecule has 1 atom stereocenters. The molecule has 0 aromatic rings. The first-order chi connectivity index (χ1) is 5.95. The van der Waals surface area contributed by atoms with Gasteiger partial charge < -0.3 is 10.1 Å². The highest BCUT2D eigenvalue weighted by Crippen LogP contribution is 2.21. The normalized spacial score (nSPS) is 14.5. The molecule has 0 aliphatic heterocycles. The Morgan fingerprint density at radius 3 is 2.46 bits per heavy atom. The maximum Gasteiger partial charge on any atom is 0.389 e. The predicted molar refractivity (Wildman–Crippen MR) is 44.6 cm³/mol. The Hall–Kier alpha value is -0.290. The molecule has 0 fully saturated rings. The Morgan fingerprint density at radius 1 is 1.38 bits per heavy atom. The fourth-order valence-corrected chi connectivity index (χ4v) is 0.904. The molecule has 13 heavy (non-hydrogen) atoms. The van der Waals surface area contributed by atoms with Crippen LogP contribution in [0.15, 0.2) is 0 Å². The van der Waals surface area contributed by atoms with E-state index in [-0.39, 0.29) is 19.1 Å². The van der Waals surface area contributed by atoms with Crippen LogP contribution in [0, 0.1) is 0 Å². The predicted octanol–water partition coefficient (Wildman–Crippen LogP) is 1.95. The summed E-state index contributed by atoms with van der Waals surface area (Å²) in [5, 5.41) is 2.88. The van der Waals surface area contributed by atoms with E-state index in [1.165, 1.54) is 0 Å². The first-order valence-corrected chi connectivity index (χ1v) is 4.28. The Bertz CT molecular complexity index is 127. The zero-order valence-electron chi connectivity index (χ0n) is 7.95. The van der Waals surface area contributed by atoms with E-state index in [1.807, 2.05) is 6.92 Å². The van der Waals surface area contributed by atoms with Crippen molar-refractivity contribution in [2.45, 2.75) is 32.0 Å². The summed E-state index contributed by atoms with van der Waals surface area (Å²) in [4.78, 5) is 0. The summed E-state index contributed by atoms with van der Waals surface area (Å²) in [5.74, 6) is 0. The van der Waals surface area contributed by atoms with E-state index in [2.05, 4.69) is 5.32 Å². The Balaban J connectivity index is 3.25. The third-order valence-electron chi connectivity index (χ3n) is 1.50. The Labute approximate surface area is 76.5 Å². The molecule has 0 aromatic heterocycles. The van der Waals surface area contributed by atoms with Gasteiger partial charge in [0, 0.05) is 19.6 Å². The molecule has 0 saturated carbocycles. The topological polar surface area (TPSA) is 21.3 Å². The lowest BCUT2D eigenvalue weighted by molar-refractivity contribution is -0.138. The molecule has 0 heterocycles. The standard InChI is InChI=1S/C8H16F3NO/c1-7(6-12-2)13-5-3-4-8(9,10)11/h7,12H,3-6H2,1-2H3. The molecule has 0 rings (SSSR count). The number of ether oxygens (including phenoxy) is 1. The second-order valence-corrected chi connectivity index (χ2v) is 2.96. The van der Waals surface area contributed by atoms with Crippen LogP contribution in [0.1, 0.15) is 19.8 Å². The van der Waals surface area contributed by atoms with Crippen LogP contribution in [0.2, 0.25) is 0 Å².